The van der Waals surface area contributed by atoms with Crippen molar-refractivity contribution in [3.8, 4) is 6.07 Å². The first-order valence-electron chi connectivity index (χ1n) is 5.02. The zero-order chi connectivity index (χ0) is 8.39. The lowest BCUT2D eigenvalue weighted by Gasteiger charge is -2.16. The SMILES string of the molecule is N#CCCNC(C1CC1)C1CC1. The van der Waals surface area contributed by atoms with Crippen LogP contribution in [0.2, 0.25) is 0 Å². The third-order valence-corrected chi connectivity index (χ3v) is 2.88. The van der Waals surface area contributed by atoms with E-state index in [2.05, 4.69) is 11.4 Å². The van der Waals surface area contributed by atoms with E-state index in [-0.39, 0.29) is 0 Å². The van der Waals surface area contributed by atoms with Crippen molar-refractivity contribution in [1.82, 2.24) is 5.32 Å². The van der Waals surface area contributed by atoms with Crippen LogP contribution < -0.4 is 5.32 Å². The summed E-state index contributed by atoms with van der Waals surface area (Å²) >= 11 is 0. The minimum Gasteiger partial charge on any atom is -0.312 e. The number of nitrogens with one attached hydrogen (secondary N) is 1. The van der Waals surface area contributed by atoms with Crippen LogP contribution in [-0.4, -0.2) is 12.6 Å². The fraction of sp³-hybridized carbons (Fsp3) is 0.900. The van der Waals surface area contributed by atoms with Gasteiger partial charge in [0.15, 0.2) is 0 Å². The summed E-state index contributed by atoms with van der Waals surface area (Å²) in [5.74, 6) is 1.91. The van der Waals surface area contributed by atoms with E-state index in [1.54, 1.807) is 0 Å². The van der Waals surface area contributed by atoms with Gasteiger partial charge in [0.25, 0.3) is 0 Å². The second-order valence-electron chi connectivity index (χ2n) is 4.06. The molecule has 2 fully saturated rings. The number of nitriles is 1. The molecule has 0 heterocycles. The second kappa shape index (κ2) is 3.45. The molecule has 0 spiro atoms. The molecule has 0 aromatic carbocycles. The lowest BCUT2D eigenvalue weighted by atomic mass is 10.1. The molecule has 0 atom stereocenters. The Kier molecular flexibility index (Phi) is 2.32. The molecule has 2 aliphatic carbocycles. The Morgan fingerprint density at radius 1 is 1.25 bits per heavy atom. The lowest BCUT2D eigenvalue weighted by molar-refractivity contribution is 0.422. The van der Waals surface area contributed by atoms with Crippen LogP contribution in [0.15, 0.2) is 0 Å². The highest BCUT2D eigenvalue weighted by atomic mass is 14.9. The number of nitrogens with zero attached hydrogens (tertiary/aromatic N) is 1. The summed E-state index contributed by atoms with van der Waals surface area (Å²) in [6.45, 7) is 0.897. The van der Waals surface area contributed by atoms with Gasteiger partial charge >= 0.3 is 0 Å². The highest BCUT2D eigenvalue weighted by Gasteiger charge is 2.40. The molecule has 12 heavy (non-hydrogen) atoms. The minimum atomic E-state index is 0.663. The molecule has 0 aromatic rings. The number of rotatable bonds is 5. The van der Waals surface area contributed by atoms with Crippen molar-refractivity contribution >= 4 is 0 Å². The maximum atomic E-state index is 8.40. The molecule has 0 aromatic heterocycles. The Morgan fingerprint density at radius 2 is 1.83 bits per heavy atom. The standard InChI is InChI=1S/C10H16N2/c11-6-1-7-12-10(8-2-3-8)9-4-5-9/h8-10,12H,1-5,7H2. The largest absolute Gasteiger partial charge is 0.312 e. The van der Waals surface area contributed by atoms with Crippen LogP contribution in [0.4, 0.5) is 0 Å². The topological polar surface area (TPSA) is 35.8 Å². The Hall–Kier alpha value is -0.550. The highest BCUT2D eigenvalue weighted by molar-refractivity contribution is 4.96. The van der Waals surface area contributed by atoms with Gasteiger partial charge in [0.2, 0.25) is 0 Å². The summed E-state index contributed by atoms with van der Waals surface area (Å²) in [4.78, 5) is 0. The van der Waals surface area contributed by atoms with E-state index >= 15 is 0 Å². The van der Waals surface area contributed by atoms with Gasteiger partial charge in [-0.2, -0.15) is 5.26 Å². The Bertz CT molecular complexity index is 175. The van der Waals surface area contributed by atoms with Crippen molar-refractivity contribution in [3.63, 3.8) is 0 Å². The average Bonchev–Trinajstić information content (AvgIpc) is 2.87. The molecule has 0 bridgehead atoms. The van der Waals surface area contributed by atoms with Gasteiger partial charge in [-0.25, -0.2) is 0 Å². The first-order chi connectivity index (χ1) is 5.92. The van der Waals surface area contributed by atoms with Crippen molar-refractivity contribution in [1.29, 1.82) is 5.26 Å². The van der Waals surface area contributed by atoms with Gasteiger partial charge in [-0.1, -0.05) is 0 Å². The van der Waals surface area contributed by atoms with Crippen molar-refractivity contribution < 1.29 is 0 Å². The minimum absolute atomic E-state index is 0.663. The summed E-state index contributed by atoms with van der Waals surface area (Å²) in [7, 11) is 0. The molecule has 2 rings (SSSR count). The van der Waals surface area contributed by atoms with Crippen molar-refractivity contribution in [2.24, 2.45) is 11.8 Å². The molecule has 66 valence electrons. The predicted molar refractivity (Wildman–Crippen MR) is 47.5 cm³/mol. The van der Waals surface area contributed by atoms with E-state index in [4.69, 9.17) is 5.26 Å². The molecule has 2 aliphatic rings. The van der Waals surface area contributed by atoms with Gasteiger partial charge in [0.05, 0.1) is 6.07 Å². The quantitative estimate of drug-likeness (QED) is 0.627. The van der Waals surface area contributed by atoms with Crippen LogP contribution in [0.3, 0.4) is 0 Å². The lowest BCUT2D eigenvalue weighted by Crippen LogP contribution is -2.33. The monoisotopic (exact) mass is 164 g/mol. The van der Waals surface area contributed by atoms with Gasteiger partial charge in [-0.3, -0.25) is 0 Å². The van der Waals surface area contributed by atoms with E-state index in [9.17, 15) is 0 Å². The molecule has 0 aliphatic heterocycles. The Balaban J connectivity index is 1.70. The number of hydrogen-bond acceptors (Lipinski definition) is 2. The van der Waals surface area contributed by atoms with Gasteiger partial charge in [-0.05, 0) is 37.5 Å². The summed E-state index contributed by atoms with van der Waals surface area (Å²) in [5, 5.41) is 11.9. The molecular weight excluding hydrogens is 148 g/mol. The van der Waals surface area contributed by atoms with Crippen LogP contribution in [0.5, 0.6) is 0 Å². The summed E-state index contributed by atoms with van der Waals surface area (Å²) in [6.07, 6.45) is 6.33. The van der Waals surface area contributed by atoms with Crippen molar-refractivity contribution in [2.45, 2.75) is 38.1 Å². The fourth-order valence-corrected chi connectivity index (χ4v) is 1.92. The molecule has 1 N–H and O–H groups in total. The van der Waals surface area contributed by atoms with Crippen LogP contribution in [0.25, 0.3) is 0 Å². The average molecular weight is 164 g/mol. The second-order valence-corrected chi connectivity index (χ2v) is 4.06. The smallest absolute Gasteiger partial charge is 0.0635 e. The zero-order valence-electron chi connectivity index (χ0n) is 7.42. The summed E-state index contributed by atoms with van der Waals surface area (Å²) < 4.78 is 0. The zero-order valence-corrected chi connectivity index (χ0v) is 7.42. The van der Waals surface area contributed by atoms with Crippen LogP contribution >= 0.6 is 0 Å². The van der Waals surface area contributed by atoms with Crippen LogP contribution in [-0.2, 0) is 0 Å². The van der Waals surface area contributed by atoms with E-state index in [0.29, 0.717) is 6.42 Å². The van der Waals surface area contributed by atoms with E-state index in [1.165, 1.54) is 25.7 Å². The van der Waals surface area contributed by atoms with Gasteiger partial charge in [-0.15, -0.1) is 0 Å². The van der Waals surface area contributed by atoms with Gasteiger partial charge in [0.1, 0.15) is 0 Å². The van der Waals surface area contributed by atoms with E-state index in [0.717, 1.165) is 24.4 Å². The molecule has 2 saturated carbocycles. The maximum Gasteiger partial charge on any atom is 0.0635 e. The normalized spacial score (nSPS) is 22.7. The molecular formula is C10H16N2. The third kappa shape index (κ3) is 1.98. The molecule has 0 saturated heterocycles. The maximum absolute atomic E-state index is 8.40. The number of hydrogen-bond donors (Lipinski definition) is 1. The van der Waals surface area contributed by atoms with Gasteiger partial charge < -0.3 is 5.32 Å². The first kappa shape index (κ1) is 8.07. The van der Waals surface area contributed by atoms with Crippen molar-refractivity contribution in [3.05, 3.63) is 0 Å². The Labute approximate surface area is 74.0 Å². The molecule has 0 unspecified atom stereocenters. The summed E-state index contributed by atoms with van der Waals surface area (Å²) in [6, 6.07) is 2.94. The molecule has 0 amide bonds. The predicted octanol–water partition coefficient (Wildman–Crippen LogP) is 1.68. The molecule has 0 radical (unpaired) electrons. The Morgan fingerprint density at radius 3 is 2.25 bits per heavy atom. The van der Waals surface area contributed by atoms with Crippen LogP contribution in [0, 0.1) is 23.2 Å². The van der Waals surface area contributed by atoms with Gasteiger partial charge in [0, 0.05) is 19.0 Å². The highest BCUT2D eigenvalue weighted by Crippen LogP contribution is 2.44. The molecule has 2 nitrogen and oxygen atoms in total. The fourth-order valence-electron chi connectivity index (χ4n) is 1.92. The third-order valence-electron chi connectivity index (χ3n) is 2.88. The van der Waals surface area contributed by atoms with E-state index in [1.807, 2.05) is 0 Å². The summed E-state index contributed by atoms with van der Waals surface area (Å²) in [5.41, 5.74) is 0. The first-order valence-corrected chi connectivity index (χ1v) is 5.02. The van der Waals surface area contributed by atoms with Crippen molar-refractivity contribution in [2.75, 3.05) is 6.54 Å². The van der Waals surface area contributed by atoms with Crippen LogP contribution in [0.1, 0.15) is 32.1 Å². The molecule has 2 heteroatoms. The van der Waals surface area contributed by atoms with E-state index < -0.39 is 0 Å².